The molecule has 104 valence electrons. The maximum absolute atomic E-state index is 10.0. The summed E-state index contributed by atoms with van der Waals surface area (Å²) >= 11 is 0. The van der Waals surface area contributed by atoms with Gasteiger partial charge in [-0.25, -0.2) is 0 Å². The molecule has 18 heavy (non-hydrogen) atoms. The quantitative estimate of drug-likeness (QED) is 0.819. The smallest absolute Gasteiger partial charge is 0.192 e. The molecule has 0 aliphatic carbocycles. The van der Waals surface area contributed by atoms with Gasteiger partial charge in [0.15, 0.2) is 8.32 Å². The molecular formula is C14H26O3Si. The van der Waals surface area contributed by atoms with Crippen LogP contribution >= 0.6 is 0 Å². The fraction of sp³-hybridized carbons (Fsp3) is 0.714. The molecule has 0 unspecified atom stereocenters. The molecule has 1 rings (SSSR count). The van der Waals surface area contributed by atoms with Gasteiger partial charge in [0.1, 0.15) is 11.9 Å². The second-order valence-electron chi connectivity index (χ2n) is 6.46. The van der Waals surface area contributed by atoms with Crippen LogP contribution in [0.2, 0.25) is 18.1 Å². The van der Waals surface area contributed by atoms with Gasteiger partial charge in [-0.15, -0.1) is 0 Å². The number of hydrogen-bond acceptors (Lipinski definition) is 3. The molecular weight excluding hydrogens is 244 g/mol. The zero-order chi connectivity index (χ0) is 14.0. The third-order valence-electron chi connectivity index (χ3n) is 3.73. The van der Waals surface area contributed by atoms with E-state index in [1.165, 1.54) is 0 Å². The van der Waals surface area contributed by atoms with Crippen molar-refractivity contribution < 1.29 is 13.9 Å². The maximum atomic E-state index is 10.0. The fourth-order valence-corrected chi connectivity index (χ4v) is 3.09. The summed E-state index contributed by atoms with van der Waals surface area (Å²) in [6.07, 6.45) is 1.60. The summed E-state index contributed by atoms with van der Waals surface area (Å²) in [6, 6.07) is 3.58. The molecule has 0 spiro atoms. The fourth-order valence-electron chi connectivity index (χ4n) is 1.64. The molecule has 0 saturated heterocycles. The Balaban J connectivity index is 2.54. The van der Waals surface area contributed by atoms with Crippen molar-refractivity contribution in [1.29, 1.82) is 0 Å². The Kier molecular flexibility index (Phi) is 4.81. The zero-order valence-electron chi connectivity index (χ0n) is 12.4. The summed E-state index contributed by atoms with van der Waals surface area (Å²) < 4.78 is 11.4. The monoisotopic (exact) mass is 270 g/mol. The number of aliphatic hydroxyl groups excluding tert-OH is 1. The second kappa shape index (κ2) is 5.59. The summed E-state index contributed by atoms with van der Waals surface area (Å²) in [5.41, 5.74) is 0. The molecule has 1 aromatic heterocycles. The molecule has 2 atom stereocenters. The lowest BCUT2D eigenvalue weighted by Crippen LogP contribution is -2.43. The molecule has 0 amide bonds. The number of rotatable bonds is 5. The van der Waals surface area contributed by atoms with E-state index in [0.717, 1.165) is 0 Å². The van der Waals surface area contributed by atoms with Crippen LogP contribution in [0.5, 0.6) is 0 Å². The molecule has 0 fully saturated rings. The minimum atomic E-state index is -1.76. The van der Waals surface area contributed by atoms with Crippen molar-refractivity contribution in [3.05, 3.63) is 24.2 Å². The number of hydrogen-bond donors (Lipinski definition) is 1. The predicted molar refractivity (Wildman–Crippen MR) is 76.0 cm³/mol. The Hall–Kier alpha value is -0.583. The van der Waals surface area contributed by atoms with Crippen molar-refractivity contribution in [2.75, 3.05) is 0 Å². The first kappa shape index (κ1) is 15.5. The molecule has 0 bridgehead atoms. The highest BCUT2D eigenvalue weighted by Gasteiger charge is 2.38. The van der Waals surface area contributed by atoms with E-state index in [1.807, 2.05) is 6.92 Å². The third kappa shape index (κ3) is 3.97. The Morgan fingerprint density at radius 3 is 2.44 bits per heavy atom. The van der Waals surface area contributed by atoms with Gasteiger partial charge in [0.05, 0.1) is 6.26 Å². The Morgan fingerprint density at radius 2 is 2.00 bits per heavy atom. The molecule has 1 heterocycles. The molecule has 1 N–H and O–H groups in total. The standard InChI is InChI=1S/C14H26O3Si/c1-11(17-18(5,6)14(2,3)4)10-12(15)13-8-7-9-16-13/h7-9,11-12,15H,10H2,1-6H3/t11-,12+/m1/s1. The van der Waals surface area contributed by atoms with E-state index in [2.05, 4.69) is 33.9 Å². The van der Waals surface area contributed by atoms with Crippen LogP contribution in [-0.2, 0) is 4.43 Å². The predicted octanol–water partition coefficient (Wildman–Crippen LogP) is 4.11. The van der Waals surface area contributed by atoms with Gasteiger partial charge in [-0.2, -0.15) is 0 Å². The largest absolute Gasteiger partial charge is 0.467 e. The van der Waals surface area contributed by atoms with E-state index < -0.39 is 14.4 Å². The lowest BCUT2D eigenvalue weighted by atomic mass is 10.1. The minimum absolute atomic E-state index is 0.0333. The summed E-state index contributed by atoms with van der Waals surface area (Å²) in [7, 11) is -1.76. The molecule has 0 aromatic carbocycles. The number of aliphatic hydroxyl groups is 1. The van der Waals surface area contributed by atoms with E-state index in [0.29, 0.717) is 12.2 Å². The van der Waals surface area contributed by atoms with Crippen molar-refractivity contribution in [1.82, 2.24) is 0 Å². The van der Waals surface area contributed by atoms with Crippen molar-refractivity contribution in [3.63, 3.8) is 0 Å². The lowest BCUT2D eigenvalue weighted by Gasteiger charge is -2.38. The first-order chi connectivity index (χ1) is 8.13. The van der Waals surface area contributed by atoms with Crippen LogP contribution < -0.4 is 0 Å². The second-order valence-corrected chi connectivity index (χ2v) is 11.2. The molecule has 3 nitrogen and oxygen atoms in total. The molecule has 0 aliphatic rings. The molecule has 0 radical (unpaired) electrons. The van der Waals surface area contributed by atoms with Crippen LogP contribution in [0.3, 0.4) is 0 Å². The molecule has 0 saturated carbocycles. The Labute approximate surface area is 111 Å². The summed E-state index contributed by atoms with van der Waals surface area (Å²) in [5.74, 6) is 0.612. The van der Waals surface area contributed by atoms with Gasteiger partial charge in [-0.1, -0.05) is 20.8 Å². The first-order valence-corrected chi connectivity index (χ1v) is 9.43. The van der Waals surface area contributed by atoms with Crippen LogP contribution in [-0.4, -0.2) is 19.5 Å². The average Bonchev–Trinajstić information content (AvgIpc) is 2.66. The van der Waals surface area contributed by atoms with Gasteiger partial charge >= 0.3 is 0 Å². The van der Waals surface area contributed by atoms with Gasteiger partial charge in [0.25, 0.3) is 0 Å². The zero-order valence-corrected chi connectivity index (χ0v) is 13.4. The van der Waals surface area contributed by atoms with Gasteiger partial charge in [-0.05, 0) is 37.2 Å². The van der Waals surface area contributed by atoms with E-state index in [9.17, 15) is 5.11 Å². The Bertz CT molecular complexity index is 352. The van der Waals surface area contributed by atoms with Gasteiger partial charge in [0.2, 0.25) is 0 Å². The van der Waals surface area contributed by atoms with Crippen LogP contribution in [0.15, 0.2) is 22.8 Å². The topological polar surface area (TPSA) is 42.6 Å². The average molecular weight is 270 g/mol. The van der Waals surface area contributed by atoms with Gasteiger partial charge < -0.3 is 13.9 Å². The highest BCUT2D eigenvalue weighted by atomic mass is 28.4. The van der Waals surface area contributed by atoms with E-state index in [4.69, 9.17) is 8.84 Å². The third-order valence-corrected chi connectivity index (χ3v) is 8.33. The van der Waals surface area contributed by atoms with Crippen molar-refractivity contribution in [2.45, 2.75) is 64.5 Å². The van der Waals surface area contributed by atoms with Crippen LogP contribution in [0.25, 0.3) is 0 Å². The SMILES string of the molecule is C[C@H](C[C@H](O)c1ccco1)O[Si](C)(C)C(C)(C)C. The van der Waals surface area contributed by atoms with Crippen LogP contribution in [0, 0.1) is 0 Å². The first-order valence-electron chi connectivity index (χ1n) is 6.53. The van der Waals surface area contributed by atoms with Crippen LogP contribution in [0.1, 0.15) is 46.0 Å². The molecule has 0 aliphatic heterocycles. The maximum Gasteiger partial charge on any atom is 0.192 e. The van der Waals surface area contributed by atoms with Gasteiger partial charge in [0, 0.05) is 12.5 Å². The van der Waals surface area contributed by atoms with Crippen molar-refractivity contribution in [2.24, 2.45) is 0 Å². The summed E-state index contributed by atoms with van der Waals surface area (Å²) in [6.45, 7) is 13.1. The summed E-state index contributed by atoms with van der Waals surface area (Å²) in [5, 5.41) is 10.2. The van der Waals surface area contributed by atoms with Crippen molar-refractivity contribution in [3.8, 4) is 0 Å². The van der Waals surface area contributed by atoms with Crippen LogP contribution in [0.4, 0.5) is 0 Å². The summed E-state index contributed by atoms with van der Waals surface area (Å²) in [4.78, 5) is 0. The van der Waals surface area contributed by atoms with Gasteiger partial charge in [-0.3, -0.25) is 0 Å². The number of furan rings is 1. The minimum Gasteiger partial charge on any atom is -0.467 e. The Morgan fingerprint density at radius 1 is 1.39 bits per heavy atom. The highest BCUT2D eigenvalue weighted by Crippen LogP contribution is 2.38. The van der Waals surface area contributed by atoms with E-state index in [-0.39, 0.29) is 11.1 Å². The lowest BCUT2D eigenvalue weighted by molar-refractivity contribution is 0.0808. The van der Waals surface area contributed by atoms with Crippen molar-refractivity contribution >= 4 is 8.32 Å². The molecule has 1 aromatic rings. The highest BCUT2D eigenvalue weighted by molar-refractivity contribution is 6.74. The molecule has 4 heteroatoms. The normalized spacial score (nSPS) is 16.6. The van der Waals surface area contributed by atoms with E-state index >= 15 is 0 Å². The van der Waals surface area contributed by atoms with E-state index in [1.54, 1.807) is 18.4 Å².